The zero-order valence-corrected chi connectivity index (χ0v) is 16.9. The second-order valence-electron chi connectivity index (χ2n) is 6.54. The summed E-state index contributed by atoms with van der Waals surface area (Å²) in [5.74, 6) is -5.33. The van der Waals surface area contributed by atoms with E-state index in [4.69, 9.17) is 4.74 Å². The fourth-order valence-electron chi connectivity index (χ4n) is 2.99. The fraction of sp³-hybridized carbons (Fsp3) is 0. The van der Waals surface area contributed by atoms with Gasteiger partial charge in [0.05, 0.1) is 16.5 Å². The Balaban J connectivity index is 1.62. The van der Waals surface area contributed by atoms with Gasteiger partial charge < -0.3 is 4.74 Å². The second kappa shape index (κ2) is 9.10. The summed E-state index contributed by atoms with van der Waals surface area (Å²) in [6.07, 6.45) is 0. The lowest BCUT2D eigenvalue weighted by Crippen LogP contribution is -2.11. The Hall–Kier alpha value is -3.51. The van der Waals surface area contributed by atoms with Gasteiger partial charge in [0, 0.05) is 12.1 Å². The lowest BCUT2D eigenvalue weighted by Gasteiger charge is -2.09. The van der Waals surface area contributed by atoms with E-state index in [-0.39, 0.29) is 16.5 Å². The molecular weight excluding hydrogens is 421 g/mol. The van der Waals surface area contributed by atoms with Crippen LogP contribution in [0, 0.1) is 17.5 Å². The van der Waals surface area contributed by atoms with Crippen molar-refractivity contribution in [3.05, 3.63) is 120 Å². The third kappa shape index (κ3) is 4.64. The Bertz CT molecular complexity index is 1160. The standard InChI is InChI=1S/C25H16F3O2S/c26-21-15-23(28)24(16-22(21)27)30-25(29)17-11-13-20(14-12-17)31(18-7-3-1-4-8-18)19-9-5-2-6-10-19/h1-16H/q+1. The Morgan fingerprint density at radius 1 is 0.613 bits per heavy atom. The maximum atomic E-state index is 13.8. The number of halogens is 3. The van der Waals surface area contributed by atoms with Crippen molar-refractivity contribution < 1.29 is 22.7 Å². The van der Waals surface area contributed by atoms with Crippen molar-refractivity contribution in [2.75, 3.05) is 0 Å². The SMILES string of the molecule is O=C(Oc1cc(F)c(F)cc1F)c1ccc([S+](c2ccccc2)c2ccccc2)cc1. The van der Waals surface area contributed by atoms with Gasteiger partial charge >= 0.3 is 5.97 Å². The van der Waals surface area contributed by atoms with Crippen LogP contribution in [0.3, 0.4) is 0 Å². The minimum atomic E-state index is -1.35. The molecule has 0 aliphatic heterocycles. The molecule has 0 aliphatic rings. The van der Waals surface area contributed by atoms with Crippen LogP contribution in [0.5, 0.6) is 5.75 Å². The molecule has 0 saturated heterocycles. The molecule has 4 rings (SSSR count). The van der Waals surface area contributed by atoms with Crippen LogP contribution in [0.1, 0.15) is 10.4 Å². The highest BCUT2D eigenvalue weighted by atomic mass is 32.2. The average Bonchev–Trinajstić information content (AvgIpc) is 2.79. The normalized spacial score (nSPS) is 10.8. The quantitative estimate of drug-likeness (QED) is 0.156. The van der Waals surface area contributed by atoms with E-state index in [1.54, 1.807) is 24.3 Å². The molecule has 0 N–H and O–H groups in total. The van der Waals surface area contributed by atoms with Gasteiger partial charge in [0.1, 0.15) is 0 Å². The summed E-state index contributed by atoms with van der Waals surface area (Å²) in [5.41, 5.74) is 0.164. The molecule has 0 aromatic heterocycles. The Morgan fingerprint density at radius 3 is 1.65 bits per heavy atom. The number of rotatable bonds is 5. The summed E-state index contributed by atoms with van der Waals surface area (Å²) >= 11 is 0. The Kier molecular flexibility index (Phi) is 6.09. The minimum absolute atomic E-state index is 0.164. The highest BCUT2D eigenvalue weighted by molar-refractivity contribution is 7.97. The highest BCUT2D eigenvalue weighted by Gasteiger charge is 2.28. The van der Waals surface area contributed by atoms with E-state index in [2.05, 4.69) is 0 Å². The van der Waals surface area contributed by atoms with Crippen LogP contribution in [0.4, 0.5) is 13.2 Å². The number of ether oxygens (including phenoxy) is 1. The molecule has 0 heterocycles. The fourth-order valence-corrected chi connectivity index (χ4v) is 5.07. The second-order valence-corrected chi connectivity index (χ2v) is 8.57. The first-order valence-corrected chi connectivity index (χ1v) is 10.6. The molecule has 4 aromatic carbocycles. The number of carbonyl (C=O) groups is 1. The third-order valence-corrected chi connectivity index (χ3v) is 6.69. The van der Waals surface area contributed by atoms with Crippen molar-refractivity contribution in [1.29, 1.82) is 0 Å². The maximum absolute atomic E-state index is 13.8. The molecule has 6 heteroatoms. The first-order chi connectivity index (χ1) is 15.0. The number of hydrogen-bond acceptors (Lipinski definition) is 2. The van der Waals surface area contributed by atoms with Gasteiger partial charge in [-0.05, 0) is 48.5 Å². The molecule has 31 heavy (non-hydrogen) atoms. The molecule has 154 valence electrons. The van der Waals surface area contributed by atoms with Crippen LogP contribution < -0.4 is 4.74 Å². The lowest BCUT2D eigenvalue weighted by molar-refractivity contribution is 0.0727. The van der Waals surface area contributed by atoms with E-state index < -0.39 is 29.2 Å². The Morgan fingerprint density at radius 2 is 1.10 bits per heavy atom. The minimum Gasteiger partial charge on any atom is -0.420 e. The molecule has 0 radical (unpaired) electrons. The predicted molar refractivity (Wildman–Crippen MR) is 113 cm³/mol. The number of benzene rings is 4. The smallest absolute Gasteiger partial charge is 0.343 e. The summed E-state index contributed by atoms with van der Waals surface area (Å²) in [6, 6.07) is 27.6. The third-order valence-electron chi connectivity index (χ3n) is 4.46. The van der Waals surface area contributed by atoms with E-state index in [9.17, 15) is 18.0 Å². The van der Waals surface area contributed by atoms with E-state index in [1.165, 1.54) is 0 Å². The molecule has 0 aliphatic carbocycles. The Labute approximate surface area is 180 Å². The monoisotopic (exact) mass is 437 g/mol. The van der Waals surface area contributed by atoms with E-state index in [0.717, 1.165) is 14.7 Å². The first-order valence-electron chi connectivity index (χ1n) is 9.34. The molecule has 0 saturated carbocycles. The molecule has 0 bridgehead atoms. The van der Waals surface area contributed by atoms with Crippen molar-refractivity contribution in [2.45, 2.75) is 14.7 Å². The summed E-state index contributed by atoms with van der Waals surface area (Å²) in [6.45, 7) is 0. The van der Waals surface area contributed by atoms with Crippen LogP contribution in [-0.2, 0) is 10.9 Å². The average molecular weight is 437 g/mol. The van der Waals surface area contributed by atoms with Crippen LogP contribution in [0.15, 0.2) is 112 Å². The van der Waals surface area contributed by atoms with Crippen molar-refractivity contribution in [1.82, 2.24) is 0 Å². The summed E-state index contributed by atoms with van der Waals surface area (Å²) in [5, 5.41) is 0. The van der Waals surface area contributed by atoms with Gasteiger partial charge in [-0.15, -0.1) is 0 Å². The van der Waals surface area contributed by atoms with E-state index >= 15 is 0 Å². The van der Waals surface area contributed by atoms with Gasteiger partial charge in [0.25, 0.3) is 0 Å². The molecule has 0 spiro atoms. The molecule has 0 amide bonds. The molecule has 0 atom stereocenters. The molecule has 4 aromatic rings. The zero-order valence-electron chi connectivity index (χ0n) is 16.1. The lowest BCUT2D eigenvalue weighted by atomic mass is 10.2. The van der Waals surface area contributed by atoms with Crippen LogP contribution in [0.2, 0.25) is 0 Å². The van der Waals surface area contributed by atoms with Crippen molar-refractivity contribution in [3.8, 4) is 5.75 Å². The molecular formula is C25H16F3O2S+. The highest BCUT2D eigenvalue weighted by Crippen LogP contribution is 2.31. The van der Waals surface area contributed by atoms with Gasteiger partial charge in [0.2, 0.25) is 0 Å². The maximum Gasteiger partial charge on any atom is 0.343 e. The largest absolute Gasteiger partial charge is 0.420 e. The molecule has 2 nitrogen and oxygen atoms in total. The van der Waals surface area contributed by atoms with Crippen LogP contribution >= 0.6 is 0 Å². The van der Waals surface area contributed by atoms with Gasteiger partial charge in [-0.3, -0.25) is 0 Å². The number of esters is 1. The number of hydrogen-bond donors (Lipinski definition) is 0. The van der Waals surface area contributed by atoms with Crippen LogP contribution in [0.25, 0.3) is 0 Å². The predicted octanol–water partition coefficient (Wildman–Crippen LogP) is 6.42. The van der Waals surface area contributed by atoms with Gasteiger partial charge in [-0.25, -0.2) is 18.0 Å². The van der Waals surface area contributed by atoms with Gasteiger partial charge in [-0.2, -0.15) is 0 Å². The van der Waals surface area contributed by atoms with Crippen molar-refractivity contribution in [3.63, 3.8) is 0 Å². The summed E-state index contributed by atoms with van der Waals surface area (Å²) < 4.78 is 45.1. The van der Waals surface area contributed by atoms with Crippen LogP contribution in [-0.4, -0.2) is 5.97 Å². The summed E-state index contributed by atoms with van der Waals surface area (Å²) in [4.78, 5) is 15.6. The molecule has 0 unspecified atom stereocenters. The first kappa shape index (κ1) is 20.8. The van der Waals surface area contributed by atoms with Gasteiger partial charge in [-0.1, -0.05) is 36.4 Å². The van der Waals surface area contributed by atoms with Gasteiger partial charge in [0.15, 0.2) is 37.9 Å². The number of carbonyl (C=O) groups excluding carboxylic acids is 1. The van der Waals surface area contributed by atoms with E-state index in [0.29, 0.717) is 12.1 Å². The summed E-state index contributed by atoms with van der Waals surface area (Å²) in [7, 11) is -0.387. The molecule has 0 fully saturated rings. The van der Waals surface area contributed by atoms with E-state index in [1.807, 2.05) is 60.7 Å². The van der Waals surface area contributed by atoms with Crippen molar-refractivity contribution in [2.24, 2.45) is 0 Å². The van der Waals surface area contributed by atoms with Crippen molar-refractivity contribution >= 4 is 16.9 Å². The zero-order chi connectivity index (χ0) is 21.8. The topological polar surface area (TPSA) is 26.3 Å².